The van der Waals surface area contributed by atoms with E-state index in [1.807, 2.05) is 17.5 Å². The molecule has 6 nitrogen and oxygen atoms in total. The summed E-state index contributed by atoms with van der Waals surface area (Å²) in [6, 6.07) is 11.8. The lowest BCUT2D eigenvalue weighted by Gasteiger charge is -2.06. The number of rotatable bonds is 6. The highest BCUT2D eigenvalue weighted by Gasteiger charge is 2.17. The molecule has 0 unspecified atom stereocenters. The number of aromatic nitrogens is 1. The monoisotopic (exact) mass is 376 g/mol. The van der Waals surface area contributed by atoms with E-state index in [1.165, 1.54) is 30.6 Å². The Labute approximate surface area is 152 Å². The van der Waals surface area contributed by atoms with Crippen LogP contribution < -0.4 is 9.47 Å². The normalized spacial score (nSPS) is 10.5. The van der Waals surface area contributed by atoms with Gasteiger partial charge in [0.25, 0.3) is 0 Å². The maximum Gasteiger partial charge on any atom is 0.314 e. The number of benzene rings is 2. The van der Waals surface area contributed by atoms with Crippen molar-refractivity contribution >= 4 is 28.6 Å². The van der Waals surface area contributed by atoms with E-state index in [4.69, 9.17) is 21.1 Å². The van der Waals surface area contributed by atoms with E-state index >= 15 is 0 Å². The van der Waals surface area contributed by atoms with Gasteiger partial charge in [-0.1, -0.05) is 23.7 Å². The van der Waals surface area contributed by atoms with Crippen LogP contribution in [0.25, 0.3) is 10.6 Å². The third-order valence-corrected chi connectivity index (χ3v) is 4.57. The van der Waals surface area contributed by atoms with Crippen LogP contribution in [0.5, 0.6) is 11.5 Å². The van der Waals surface area contributed by atoms with Crippen LogP contribution in [0.4, 0.5) is 5.69 Å². The predicted octanol–water partition coefficient (Wildman–Crippen LogP) is 4.96. The lowest BCUT2D eigenvalue weighted by Crippen LogP contribution is -2.00. The first-order valence-corrected chi connectivity index (χ1v) is 8.48. The summed E-state index contributed by atoms with van der Waals surface area (Å²) in [7, 11) is 1.45. The molecular weight excluding hydrogens is 364 g/mol. The van der Waals surface area contributed by atoms with Crippen molar-refractivity contribution in [2.24, 2.45) is 0 Å². The maximum absolute atomic E-state index is 11.2. The van der Waals surface area contributed by atoms with Crippen molar-refractivity contribution in [1.82, 2.24) is 4.98 Å². The van der Waals surface area contributed by atoms with Crippen molar-refractivity contribution in [3.63, 3.8) is 0 Å². The van der Waals surface area contributed by atoms with Gasteiger partial charge in [-0.15, -0.1) is 11.3 Å². The molecule has 0 aliphatic rings. The zero-order chi connectivity index (χ0) is 17.8. The Hall–Kier alpha value is -2.64. The minimum atomic E-state index is -0.502. The van der Waals surface area contributed by atoms with Crippen molar-refractivity contribution in [2.45, 2.75) is 6.61 Å². The third-order valence-electron chi connectivity index (χ3n) is 3.38. The highest BCUT2D eigenvalue weighted by molar-refractivity contribution is 7.13. The van der Waals surface area contributed by atoms with Crippen LogP contribution in [0, 0.1) is 10.1 Å². The fraction of sp³-hybridized carbons (Fsp3) is 0.118. The molecule has 1 heterocycles. The predicted molar refractivity (Wildman–Crippen MR) is 96.5 cm³/mol. The fourth-order valence-electron chi connectivity index (χ4n) is 2.14. The van der Waals surface area contributed by atoms with Gasteiger partial charge in [-0.25, -0.2) is 4.98 Å². The van der Waals surface area contributed by atoms with Crippen LogP contribution >= 0.6 is 22.9 Å². The molecule has 0 saturated heterocycles. The minimum Gasteiger partial charge on any atom is -0.496 e. The van der Waals surface area contributed by atoms with Gasteiger partial charge in [-0.2, -0.15) is 0 Å². The van der Waals surface area contributed by atoms with Gasteiger partial charge >= 0.3 is 5.69 Å². The number of hydrogen-bond acceptors (Lipinski definition) is 6. The first kappa shape index (κ1) is 17.2. The van der Waals surface area contributed by atoms with Crippen molar-refractivity contribution in [3.05, 3.63) is 68.7 Å². The smallest absolute Gasteiger partial charge is 0.314 e. The van der Waals surface area contributed by atoms with E-state index in [2.05, 4.69) is 4.98 Å². The van der Waals surface area contributed by atoms with Gasteiger partial charge in [0.1, 0.15) is 17.4 Å². The average Bonchev–Trinajstić information content (AvgIpc) is 3.09. The number of thiazole rings is 1. The second-order valence-corrected chi connectivity index (χ2v) is 6.32. The number of nitrogens with zero attached hydrogens (tertiary/aromatic N) is 2. The van der Waals surface area contributed by atoms with Crippen LogP contribution in [0.15, 0.2) is 47.8 Å². The van der Waals surface area contributed by atoms with Gasteiger partial charge in [0.2, 0.25) is 0 Å². The first-order chi connectivity index (χ1) is 12.1. The fourth-order valence-corrected chi connectivity index (χ4v) is 3.08. The summed E-state index contributed by atoms with van der Waals surface area (Å²) in [4.78, 5) is 15.2. The molecule has 128 valence electrons. The third kappa shape index (κ3) is 4.07. The van der Waals surface area contributed by atoms with Gasteiger partial charge in [0.05, 0.1) is 23.8 Å². The summed E-state index contributed by atoms with van der Waals surface area (Å²) in [5.74, 6) is 0.574. The zero-order valence-corrected chi connectivity index (χ0v) is 14.7. The molecule has 0 fully saturated rings. The standard InChI is InChI=1S/C17H13ClN2O4S/c1-23-14-6-7-16(15(8-14)20(21)22)24-9-13-10-25-17(19-13)11-2-4-12(18)5-3-11/h2-8,10H,9H2,1H3. The minimum absolute atomic E-state index is 0.136. The molecular formula is C17H13ClN2O4S. The summed E-state index contributed by atoms with van der Waals surface area (Å²) >= 11 is 7.36. The Balaban J connectivity index is 1.74. The summed E-state index contributed by atoms with van der Waals surface area (Å²) in [6.07, 6.45) is 0. The second-order valence-electron chi connectivity index (χ2n) is 5.03. The summed E-state index contributed by atoms with van der Waals surface area (Å²) < 4.78 is 10.6. The van der Waals surface area contributed by atoms with Crippen LogP contribution in [0.3, 0.4) is 0 Å². The van der Waals surface area contributed by atoms with Gasteiger partial charge in [0.15, 0.2) is 5.75 Å². The SMILES string of the molecule is COc1ccc(OCc2csc(-c3ccc(Cl)cc3)n2)c([N+](=O)[O-])c1. The van der Waals surface area contributed by atoms with Crippen molar-refractivity contribution in [1.29, 1.82) is 0 Å². The Morgan fingerprint density at radius 2 is 2.00 bits per heavy atom. The van der Waals surface area contributed by atoms with Gasteiger partial charge < -0.3 is 9.47 Å². The van der Waals surface area contributed by atoms with Crippen LogP contribution in [0.1, 0.15) is 5.69 Å². The van der Waals surface area contributed by atoms with Crippen molar-refractivity contribution in [3.8, 4) is 22.1 Å². The summed E-state index contributed by atoms with van der Waals surface area (Å²) in [6.45, 7) is 0.136. The van der Waals surface area contributed by atoms with Crippen molar-refractivity contribution in [2.75, 3.05) is 7.11 Å². The maximum atomic E-state index is 11.2. The quantitative estimate of drug-likeness (QED) is 0.449. The molecule has 0 saturated carbocycles. The van der Waals surface area contributed by atoms with Crippen molar-refractivity contribution < 1.29 is 14.4 Å². The van der Waals surface area contributed by atoms with Gasteiger partial charge in [0, 0.05) is 16.0 Å². The van der Waals surface area contributed by atoms with E-state index in [0.29, 0.717) is 16.5 Å². The summed E-state index contributed by atoms with van der Waals surface area (Å²) in [5.41, 5.74) is 1.50. The highest BCUT2D eigenvalue weighted by atomic mass is 35.5. The lowest BCUT2D eigenvalue weighted by molar-refractivity contribution is -0.386. The number of halogens is 1. The molecule has 0 spiro atoms. The van der Waals surface area contributed by atoms with Gasteiger partial charge in [-0.05, 0) is 24.3 Å². The molecule has 0 aliphatic carbocycles. The Kier molecular flexibility index (Phi) is 5.16. The molecule has 0 N–H and O–H groups in total. The van der Waals surface area contributed by atoms with Crippen LogP contribution in [-0.4, -0.2) is 17.0 Å². The molecule has 1 aromatic heterocycles. The zero-order valence-electron chi connectivity index (χ0n) is 13.1. The molecule has 3 rings (SSSR count). The Bertz CT molecular complexity index is 896. The number of nitro groups is 1. The molecule has 0 amide bonds. The van der Waals surface area contributed by atoms with Crippen LogP contribution in [-0.2, 0) is 6.61 Å². The average molecular weight is 377 g/mol. The van der Waals surface area contributed by atoms with E-state index in [0.717, 1.165) is 10.6 Å². The molecule has 25 heavy (non-hydrogen) atoms. The number of methoxy groups -OCH3 is 1. The number of nitro benzene ring substituents is 1. The van der Waals surface area contributed by atoms with E-state index in [9.17, 15) is 10.1 Å². The Morgan fingerprint density at radius 1 is 1.24 bits per heavy atom. The molecule has 0 aliphatic heterocycles. The molecule has 8 heteroatoms. The molecule has 0 atom stereocenters. The Morgan fingerprint density at radius 3 is 2.68 bits per heavy atom. The largest absolute Gasteiger partial charge is 0.496 e. The summed E-state index contributed by atoms with van der Waals surface area (Å²) in [5, 5.41) is 14.5. The van der Waals surface area contributed by atoms with Gasteiger partial charge in [-0.3, -0.25) is 10.1 Å². The molecule has 0 radical (unpaired) electrons. The number of hydrogen-bond donors (Lipinski definition) is 0. The topological polar surface area (TPSA) is 74.5 Å². The van der Waals surface area contributed by atoms with E-state index in [1.54, 1.807) is 18.2 Å². The molecule has 2 aromatic carbocycles. The highest BCUT2D eigenvalue weighted by Crippen LogP contribution is 2.32. The van der Waals surface area contributed by atoms with Crippen LogP contribution in [0.2, 0.25) is 5.02 Å². The molecule has 3 aromatic rings. The lowest BCUT2D eigenvalue weighted by atomic mass is 10.2. The van der Waals surface area contributed by atoms with E-state index < -0.39 is 4.92 Å². The first-order valence-electron chi connectivity index (χ1n) is 7.22. The second kappa shape index (κ2) is 7.50. The molecule has 0 bridgehead atoms. The van der Waals surface area contributed by atoms with E-state index in [-0.39, 0.29) is 18.0 Å². The number of ether oxygens (including phenoxy) is 2.